The summed E-state index contributed by atoms with van der Waals surface area (Å²) in [6, 6.07) is 8.40. The van der Waals surface area contributed by atoms with E-state index in [-0.39, 0.29) is 40.5 Å². The quantitative estimate of drug-likeness (QED) is 0.336. The molecule has 3 rings (SSSR count). The highest BCUT2D eigenvalue weighted by Crippen LogP contribution is 2.35. The van der Waals surface area contributed by atoms with Gasteiger partial charge in [-0.05, 0) is 76.1 Å². The Morgan fingerprint density at radius 2 is 1.86 bits per heavy atom. The van der Waals surface area contributed by atoms with E-state index in [9.17, 15) is 14.4 Å². The van der Waals surface area contributed by atoms with Crippen molar-refractivity contribution in [2.75, 3.05) is 11.9 Å². The van der Waals surface area contributed by atoms with Gasteiger partial charge in [0.2, 0.25) is 0 Å². The summed E-state index contributed by atoms with van der Waals surface area (Å²) in [5, 5.41) is 3.47. The van der Waals surface area contributed by atoms with Gasteiger partial charge in [0.1, 0.15) is 28.0 Å². The lowest BCUT2D eigenvalue weighted by Gasteiger charge is -2.10. The highest BCUT2D eigenvalue weighted by atomic mass is 35.5. The standard InChI is InChI=1S/C25H26ClNO7S/c1-6-31-25(30)21-15(5)20(24(29)33-13(2)3)23(35-21)27-22(28)19-10-8-17(34-19)12-32-16-7-9-18(26)14(4)11-16/h7-11,13H,6,12H2,1-5H3,(H,27,28). The van der Waals surface area contributed by atoms with Crippen molar-refractivity contribution in [3.8, 4) is 5.75 Å². The fraction of sp³-hybridized carbons (Fsp3) is 0.320. The summed E-state index contributed by atoms with van der Waals surface area (Å²) in [6.45, 7) is 8.86. The number of rotatable bonds is 9. The zero-order chi connectivity index (χ0) is 25.7. The van der Waals surface area contributed by atoms with E-state index in [1.54, 1.807) is 52.0 Å². The minimum absolute atomic E-state index is 0.0165. The van der Waals surface area contributed by atoms with E-state index in [4.69, 9.17) is 30.2 Å². The predicted octanol–water partition coefficient (Wildman–Crippen LogP) is 6.18. The van der Waals surface area contributed by atoms with Crippen molar-refractivity contribution in [2.45, 2.75) is 47.3 Å². The number of ether oxygens (including phenoxy) is 3. The minimum Gasteiger partial charge on any atom is -0.486 e. The largest absolute Gasteiger partial charge is 0.486 e. The maximum absolute atomic E-state index is 12.9. The Bertz CT molecular complexity index is 1240. The highest BCUT2D eigenvalue weighted by molar-refractivity contribution is 7.18. The Morgan fingerprint density at radius 3 is 2.51 bits per heavy atom. The van der Waals surface area contributed by atoms with E-state index in [1.165, 1.54) is 6.07 Å². The number of carbonyl (C=O) groups excluding carboxylic acids is 3. The van der Waals surface area contributed by atoms with Crippen molar-refractivity contribution in [1.82, 2.24) is 0 Å². The topological polar surface area (TPSA) is 104 Å². The van der Waals surface area contributed by atoms with E-state index in [2.05, 4.69) is 5.32 Å². The lowest BCUT2D eigenvalue weighted by molar-refractivity contribution is 0.0379. The van der Waals surface area contributed by atoms with Gasteiger partial charge in [0.05, 0.1) is 18.3 Å². The second-order valence-corrected chi connectivity index (χ2v) is 9.28. The molecule has 0 bridgehead atoms. The first-order valence-electron chi connectivity index (χ1n) is 10.9. The summed E-state index contributed by atoms with van der Waals surface area (Å²) in [6.07, 6.45) is -0.381. The second kappa shape index (κ2) is 11.4. The van der Waals surface area contributed by atoms with Gasteiger partial charge < -0.3 is 23.9 Å². The van der Waals surface area contributed by atoms with Crippen LogP contribution in [0.5, 0.6) is 5.75 Å². The molecular formula is C25H26ClNO7S. The van der Waals surface area contributed by atoms with Gasteiger partial charge in [0, 0.05) is 5.02 Å². The first kappa shape index (κ1) is 26.3. The van der Waals surface area contributed by atoms with Crippen molar-refractivity contribution in [3.63, 3.8) is 0 Å². The number of anilines is 1. The number of furan rings is 1. The van der Waals surface area contributed by atoms with Crippen LogP contribution in [-0.2, 0) is 16.1 Å². The lowest BCUT2D eigenvalue weighted by atomic mass is 10.1. The Morgan fingerprint density at radius 1 is 1.11 bits per heavy atom. The van der Waals surface area contributed by atoms with Crippen molar-refractivity contribution >= 4 is 45.8 Å². The normalized spacial score (nSPS) is 10.8. The maximum atomic E-state index is 12.9. The zero-order valence-electron chi connectivity index (χ0n) is 20.0. The van der Waals surface area contributed by atoms with Gasteiger partial charge in [-0.1, -0.05) is 11.6 Å². The van der Waals surface area contributed by atoms with Crippen LogP contribution in [0.15, 0.2) is 34.7 Å². The fourth-order valence-corrected chi connectivity index (χ4v) is 4.32. The number of carbonyl (C=O) groups is 3. The number of halogens is 1. The number of aryl methyl sites for hydroxylation is 1. The molecule has 35 heavy (non-hydrogen) atoms. The second-order valence-electron chi connectivity index (χ2n) is 7.85. The molecule has 0 spiro atoms. The van der Waals surface area contributed by atoms with Crippen LogP contribution in [-0.4, -0.2) is 30.6 Å². The van der Waals surface area contributed by atoms with E-state index >= 15 is 0 Å². The van der Waals surface area contributed by atoms with Crippen molar-refractivity contribution in [2.24, 2.45) is 0 Å². The molecule has 1 aromatic carbocycles. The van der Waals surface area contributed by atoms with Crippen LogP contribution >= 0.6 is 22.9 Å². The SMILES string of the molecule is CCOC(=O)c1sc(NC(=O)c2ccc(COc3ccc(Cl)c(C)c3)o2)c(C(=O)OC(C)C)c1C. The smallest absolute Gasteiger partial charge is 0.348 e. The summed E-state index contributed by atoms with van der Waals surface area (Å²) in [4.78, 5) is 38.1. The Labute approximate surface area is 212 Å². The zero-order valence-corrected chi connectivity index (χ0v) is 21.6. The van der Waals surface area contributed by atoms with E-state index < -0.39 is 17.8 Å². The average molecular weight is 520 g/mol. The molecule has 186 valence electrons. The highest BCUT2D eigenvalue weighted by Gasteiger charge is 2.28. The molecule has 3 aromatic rings. The third-order valence-electron chi connectivity index (χ3n) is 4.78. The molecule has 0 atom stereocenters. The molecule has 0 aliphatic rings. The van der Waals surface area contributed by atoms with Crippen LogP contribution in [0.4, 0.5) is 5.00 Å². The molecule has 1 N–H and O–H groups in total. The molecule has 2 aromatic heterocycles. The third-order valence-corrected chi connectivity index (χ3v) is 6.39. The molecule has 2 heterocycles. The molecule has 8 nitrogen and oxygen atoms in total. The number of hydrogen-bond acceptors (Lipinski definition) is 8. The molecule has 10 heteroatoms. The summed E-state index contributed by atoms with van der Waals surface area (Å²) >= 11 is 6.97. The first-order valence-corrected chi connectivity index (χ1v) is 12.1. The van der Waals surface area contributed by atoms with Gasteiger partial charge in [0.15, 0.2) is 5.76 Å². The third kappa shape index (κ3) is 6.43. The molecular weight excluding hydrogens is 494 g/mol. The van der Waals surface area contributed by atoms with Gasteiger partial charge in [0.25, 0.3) is 5.91 Å². The number of thiophene rings is 1. The van der Waals surface area contributed by atoms with Crippen LogP contribution in [0.1, 0.15) is 68.2 Å². The predicted molar refractivity (Wildman–Crippen MR) is 133 cm³/mol. The summed E-state index contributed by atoms with van der Waals surface area (Å²) in [7, 11) is 0. The number of esters is 2. The molecule has 0 aliphatic heterocycles. The van der Waals surface area contributed by atoms with Crippen LogP contribution in [0.3, 0.4) is 0 Å². The summed E-state index contributed by atoms with van der Waals surface area (Å²) < 4.78 is 21.7. The Hall–Kier alpha value is -3.30. The van der Waals surface area contributed by atoms with Gasteiger partial charge in [-0.3, -0.25) is 4.79 Å². The molecule has 0 saturated carbocycles. The van der Waals surface area contributed by atoms with Crippen molar-refractivity contribution < 1.29 is 33.0 Å². The van der Waals surface area contributed by atoms with Gasteiger partial charge in [-0.15, -0.1) is 11.3 Å². The van der Waals surface area contributed by atoms with Crippen LogP contribution in [0, 0.1) is 13.8 Å². The van der Waals surface area contributed by atoms with Gasteiger partial charge in [-0.2, -0.15) is 0 Å². The number of amides is 1. The van der Waals surface area contributed by atoms with E-state index in [1.807, 2.05) is 6.92 Å². The number of nitrogens with one attached hydrogen (secondary N) is 1. The average Bonchev–Trinajstić information content (AvgIpc) is 3.39. The monoisotopic (exact) mass is 519 g/mol. The first-order chi connectivity index (χ1) is 16.6. The van der Waals surface area contributed by atoms with Gasteiger partial charge >= 0.3 is 11.9 Å². The molecule has 0 radical (unpaired) electrons. The summed E-state index contributed by atoms with van der Waals surface area (Å²) in [5.74, 6) is -0.757. The molecule has 1 amide bonds. The van der Waals surface area contributed by atoms with E-state index in [0.29, 0.717) is 22.1 Å². The van der Waals surface area contributed by atoms with Crippen molar-refractivity contribution in [3.05, 3.63) is 68.4 Å². The molecule has 0 saturated heterocycles. The van der Waals surface area contributed by atoms with Crippen molar-refractivity contribution in [1.29, 1.82) is 0 Å². The number of benzene rings is 1. The molecule has 0 aliphatic carbocycles. The van der Waals surface area contributed by atoms with Gasteiger partial charge in [-0.25, -0.2) is 9.59 Å². The number of hydrogen-bond donors (Lipinski definition) is 1. The van der Waals surface area contributed by atoms with Crippen LogP contribution < -0.4 is 10.1 Å². The molecule has 0 unspecified atom stereocenters. The van der Waals surface area contributed by atoms with Crippen LogP contribution in [0.2, 0.25) is 5.02 Å². The molecule has 0 fully saturated rings. The maximum Gasteiger partial charge on any atom is 0.348 e. The minimum atomic E-state index is -0.647. The fourth-order valence-electron chi connectivity index (χ4n) is 3.12. The van der Waals surface area contributed by atoms with Crippen LogP contribution in [0.25, 0.3) is 0 Å². The lowest BCUT2D eigenvalue weighted by Crippen LogP contribution is -2.16. The van der Waals surface area contributed by atoms with E-state index in [0.717, 1.165) is 16.9 Å². The Balaban J connectivity index is 1.78. The summed E-state index contributed by atoms with van der Waals surface area (Å²) in [5.41, 5.74) is 1.36. The Kier molecular flexibility index (Phi) is 8.58.